The van der Waals surface area contributed by atoms with Crippen LogP contribution in [0.5, 0.6) is 0 Å². The number of aromatic nitrogens is 3. The highest BCUT2D eigenvalue weighted by Crippen LogP contribution is 2.32. The van der Waals surface area contributed by atoms with Crippen LogP contribution in [0, 0.1) is 11.8 Å². The van der Waals surface area contributed by atoms with Crippen LogP contribution in [-0.4, -0.2) is 21.5 Å². The molecule has 0 bridgehead atoms. The Labute approximate surface area is 197 Å². The van der Waals surface area contributed by atoms with Gasteiger partial charge in [0.2, 0.25) is 0 Å². The van der Waals surface area contributed by atoms with Crippen molar-refractivity contribution in [1.29, 1.82) is 0 Å². The molecule has 0 aliphatic rings. The predicted octanol–water partition coefficient (Wildman–Crippen LogP) is 6.20. The molecule has 33 heavy (non-hydrogen) atoms. The zero-order valence-electron chi connectivity index (χ0n) is 18.0. The molecule has 0 saturated heterocycles. The van der Waals surface area contributed by atoms with Crippen molar-refractivity contribution in [3.63, 3.8) is 0 Å². The average molecular weight is 447 g/mol. The summed E-state index contributed by atoms with van der Waals surface area (Å²) >= 11 is 1.63. The fraction of sp³-hybridized carbons (Fsp3) is 0.107. The number of benzene rings is 2. The SMILES string of the molecule is C(#Cc1csc2c(NCCCc3ccccc3)nc(-c3ccncc3)nc12)c1ccccc1. The normalized spacial score (nSPS) is 10.5. The zero-order valence-corrected chi connectivity index (χ0v) is 18.8. The summed E-state index contributed by atoms with van der Waals surface area (Å²) in [5, 5.41) is 5.62. The van der Waals surface area contributed by atoms with E-state index in [9.17, 15) is 0 Å². The Morgan fingerprint density at radius 3 is 2.36 bits per heavy atom. The Balaban J connectivity index is 1.45. The molecule has 5 heteroatoms. The fourth-order valence-corrected chi connectivity index (χ4v) is 4.46. The van der Waals surface area contributed by atoms with Crippen molar-refractivity contribution in [2.24, 2.45) is 0 Å². The molecular weight excluding hydrogens is 424 g/mol. The average Bonchev–Trinajstić information content (AvgIpc) is 3.30. The quantitative estimate of drug-likeness (QED) is 0.249. The maximum atomic E-state index is 4.88. The lowest BCUT2D eigenvalue weighted by Gasteiger charge is -2.09. The summed E-state index contributed by atoms with van der Waals surface area (Å²) in [4.78, 5) is 13.9. The van der Waals surface area contributed by atoms with Crippen molar-refractivity contribution in [3.05, 3.63) is 107 Å². The van der Waals surface area contributed by atoms with Gasteiger partial charge in [-0.05, 0) is 42.7 Å². The second-order valence-corrected chi connectivity index (χ2v) is 8.47. The number of pyridine rings is 1. The van der Waals surface area contributed by atoms with Crippen LogP contribution >= 0.6 is 11.3 Å². The Kier molecular flexibility index (Phi) is 6.37. The van der Waals surface area contributed by atoms with Crippen molar-refractivity contribution < 1.29 is 0 Å². The van der Waals surface area contributed by atoms with Gasteiger partial charge in [-0.1, -0.05) is 60.4 Å². The topological polar surface area (TPSA) is 50.7 Å². The first-order valence-electron chi connectivity index (χ1n) is 10.9. The van der Waals surface area contributed by atoms with E-state index in [0.717, 1.165) is 52.1 Å². The van der Waals surface area contributed by atoms with Crippen LogP contribution in [0.1, 0.15) is 23.1 Å². The molecule has 0 unspecified atom stereocenters. The first kappa shape index (κ1) is 20.9. The smallest absolute Gasteiger partial charge is 0.162 e. The molecule has 0 amide bonds. The maximum absolute atomic E-state index is 4.88. The van der Waals surface area contributed by atoms with Gasteiger partial charge in [-0.2, -0.15) is 0 Å². The van der Waals surface area contributed by atoms with E-state index >= 15 is 0 Å². The zero-order chi connectivity index (χ0) is 22.3. The second-order valence-electron chi connectivity index (χ2n) is 7.59. The van der Waals surface area contributed by atoms with Gasteiger partial charge in [0.25, 0.3) is 0 Å². The lowest BCUT2D eigenvalue weighted by molar-refractivity contribution is 0.860. The van der Waals surface area contributed by atoms with E-state index < -0.39 is 0 Å². The van der Waals surface area contributed by atoms with Crippen LogP contribution in [0.4, 0.5) is 5.82 Å². The van der Waals surface area contributed by atoms with Crippen LogP contribution in [0.15, 0.2) is 90.6 Å². The minimum Gasteiger partial charge on any atom is -0.369 e. The Morgan fingerprint density at radius 1 is 0.818 bits per heavy atom. The molecule has 160 valence electrons. The van der Waals surface area contributed by atoms with Crippen LogP contribution in [-0.2, 0) is 6.42 Å². The molecule has 3 heterocycles. The molecule has 0 fully saturated rings. The Hall–Kier alpha value is -4.01. The van der Waals surface area contributed by atoms with E-state index in [0.29, 0.717) is 5.82 Å². The highest BCUT2D eigenvalue weighted by Gasteiger charge is 2.14. The molecule has 0 aliphatic carbocycles. The van der Waals surface area contributed by atoms with Crippen LogP contribution in [0.25, 0.3) is 21.6 Å². The van der Waals surface area contributed by atoms with Gasteiger partial charge in [0.05, 0.1) is 10.3 Å². The van der Waals surface area contributed by atoms with Gasteiger partial charge >= 0.3 is 0 Å². The third-order valence-corrected chi connectivity index (χ3v) is 6.22. The molecular formula is C28H22N4S. The summed E-state index contributed by atoms with van der Waals surface area (Å²) < 4.78 is 1.03. The highest BCUT2D eigenvalue weighted by atomic mass is 32.1. The maximum Gasteiger partial charge on any atom is 0.162 e. The number of anilines is 1. The summed E-state index contributed by atoms with van der Waals surface area (Å²) in [6, 6.07) is 24.4. The Morgan fingerprint density at radius 2 is 1.58 bits per heavy atom. The molecule has 5 aromatic rings. The van der Waals surface area contributed by atoms with Crippen molar-refractivity contribution in [3.8, 4) is 23.2 Å². The van der Waals surface area contributed by atoms with Gasteiger partial charge < -0.3 is 5.32 Å². The lowest BCUT2D eigenvalue weighted by atomic mass is 10.1. The monoisotopic (exact) mass is 446 g/mol. The van der Waals surface area contributed by atoms with E-state index in [-0.39, 0.29) is 0 Å². The number of hydrogen-bond donors (Lipinski definition) is 1. The number of thiophene rings is 1. The molecule has 0 radical (unpaired) electrons. The van der Waals surface area contributed by atoms with Crippen molar-refractivity contribution >= 4 is 27.4 Å². The van der Waals surface area contributed by atoms with E-state index in [1.165, 1.54) is 5.56 Å². The van der Waals surface area contributed by atoms with Gasteiger partial charge in [-0.25, -0.2) is 9.97 Å². The third-order valence-electron chi connectivity index (χ3n) is 5.25. The summed E-state index contributed by atoms with van der Waals surface area (Å²) in [6.45, 7) is 0.833. The summed E-state index contributed by atoms with van der Waals surface area (Å²) in [5.74, 6) is 8.10. The van der Waals surface area contributed by atoms with Crippen LogP contribution in [0.3, 0.4) is 0 Å². The van der Waals surface area contributed by atoms with Gasteiger partial charge in [-0.3, -0.25) is 4.98 Å². The van der Waals surface area contributed by atoms with Crippen molar-refractivity contribution in [2.45, 2.75) is 12.8 Å². The first-order valence-corrected chi connectivity index (χ1v) is 11.8. The second kappa shape index (κ2) is 10.1. The van der Waals surface area contributed by atoms with Gasteiger partial charge in [0, 0.05) is 35.4 Å². The van der Waals surface area contributed by atoms with E-state index in [1.54, 1.807) is 23.7 Å². The highest BCUT2D eigenvalue weighted by molar-refractivity contribution is 7.18. The van der Waals surface area contributed by atoms with E-state index in [1.807, 2.05) is 42.5 Å². The van der Waals surface area contributed by atoms with E-state index in [2.05, 4.69) is 57.9 Å². The summed E-state index contributed by atoms with van der Waals surface area (Å²) in [6.07, 6.45) is 5.57. The minimum absolute atomic E-state index is 0.677. The standard InChI is InChI=1S/C28H22N4S/c1-3-8-21(9-4-1)12-7-17-30-28-26-25(31-27(32-28)23-15-18-29-19-16-23)24(20-33-26)14-13-22-10-5-2-6-11-22/h1-6,8-11,15-16,18-20H,7,12,17H2,(H,30,31,32). The molecule has 0 atom stereocenters. The van der Waals surface area contributed by atoms with Crippen LogP contribution in [0.2, 0.25) is 0 Å². The number of nitrogens with one attached hydrogen (secondary N) is 1. The molecule has 0 saturated carbocycles. The molecule has 2 aromatic carbocycles. The number of fused-ring (bicyclic) bond motifs is 1. The number of rotatable bonds is 6. The Bertz CT molecular complexity index is 1400. The molecule has 0 aliphatic heterocycles. The first-order chi connectivity index (χ1) is 16.4. The van der Waals surface area contributed by atoms with Crippen molar-refractivity contribution in [2.75, 3.05) is 11.9 Å². The van der Waals surface area contributed by atoms with E-state index in [4.69, 9.17) is 9.97 Å². The fourth-order valence-electron chi connectivity index (χ4n) is 3.56. The molecule has 5 rings (SSSR count). The third kappa shape index (κ3) is 5.08. The molecule has 3 aromatic heterocycles. The minimum atomic E-state index is 0.677. The lowest BCUT2D eigenvalue weighted by Crippen LogP contribution is -2.06. The molecule has 0 spiro atoms. The predicted molar refractivity (Wildman–Crippen MR) is 136 cm³/mol. The number of nitrogens with zero attached hydrogens (tertiary/aromatic N) is 3. The number of hydrogen-bond acceptors (Lipinski definition) is 5. The largest absolute Gasteiger partial charge is 0.369 e. The van der Waals surface area contributed by atoms with Gasteiger partial charge in [0.1, 0.15) is 11.3 Å². The van der Waals surface area contributed by atoms with Crippen molar-refractivity contribution in [1.82, 2.24) is 15.0 Å². The molecule has 1 N–H and O–H groups in total. The molecule has 4 nitrogen and oxygen atoms in total. The summed E-state index contributed by atoms with van der Waals surface area (Å²) in [5.41, 5.74) is 5.07. The van der Waals surface area contributed by atoms with Crippen LogP contribution < -0.4 is 5.32 Å². The van der Waals surface area contributed by atoms with Gasteiger partial charge in [-0.15, -0.1) is 11.3 Å². The van der Waals surface area contributed by atoms with Gasteiger partial charge in [0.15, 0.2) is 5.82 Å². The number of aryl methyl sites for hydroxylation is 1. The summed E-state index contributed by atoms with van der Waals surface area (Å²) in [7, 11) is 0.